The van der Waals surface area contributed by atoms with Gasteiger partial charge in [0, 0.05) is 29.6 Å². The molecule has 0 atom stereocenters. The molecule has 0 fully saturated rings. The molecular weight excluding hydrogens is 423 g/mol. The minimum absolute atomic E-state index is 0. The highest BCUT2D eigenvalue weighted by Crippen LogP contribution is 2.18. The number of thiazole rings is 1. The summed E-state index contributed by atoms with van der Waals surface area (Å²) in [6.07, 6.45) is 1.79. The van der Waals surface area contributed by atoms with Gasteiger partial charge in [-0.25, -0.2) is 4.98 Å². The molecule has 0 spiro atoms. The molecule has 3 N–H and O–H groups in total. The Morgan fingerprint density at radius 1 is 1.43 bits per heavy atom. The first-order chi connectivity index (χ1) is 10.6. The van der Waals surface area contributed by atoms with E-state index in [2.05, 4.69) is 29.1 Å². The molecule has 2 rings (SSSR count). The molecule has 0 aliphatic carbocycles. The summed E-state index contributed by atoms with van der Waals surface area (Å²) < 4.78 is 5.17. The molecule has 1 heterocycles. The van der Waals surface area contributed by atoms with Crippen LogP contribution >= 0.6 is 35.3 Å². The van der Waals surface area contributed by atoms with E-state index in [9.17, 15) is 0 Å². The summed E-state index contributed by atoms with van der Waals surface area (Å²) in [5.41, 5.74) is 7.95. The van der Waals surface area contributed by atoms with Crippen LogP contribution in [0.5, 0.6) is 5.75 Å². The number of anilines is 1. The second kappa shape index (κ2) is 9.71. The van der Waals surface area contributed by atoms with Crippen molar-refractivity contribution in [3.8, 4) is 5.75 Å². The van der Waals surface area contributed by atoms with Crippen LogP contribution in [0.15, 0.2) is 29.3 Å². The number of benzene rings is 1. The SMILES string of the molecule is CCc1nc(CCN=C(N)Nc2cccc(OC)c2)sc1C.I. The Bertz CT molecular complexity index is 657. The summed E-state index contributed by atoms with van der Waals surface area (Å²) >= 11 is 1.74. The Labute approximate surface area is 158 Å². The molecule has 1 aromatic carbocycles. The summed E-state index contributed by atoms with van der Waals surface area (Å²) in [5.74, 6) is 1.18. The number of hydrogen-bond acceptors (Lipinski definition) is 4. The largest absolute Gasteiger partial charge is 0.497 e. The van der Waals surface area contributed by atoms with Gasteiger partial charge in [0.1, 0.15) is 5.75 Å². The van der Waals surface area contributed by atoms with E-state index in [4.69, 9.17) is 10.5 Å². The molecule has 0 unspecified atom stereocenters. The first-order valence-corrected chi connectivity index (χ1v) is 8.10. The predicted octanol–water partition coefficient (Wildman–Crippen LogP) is 3.61. The number of halogens is 1. The highest BCUT2D eigenvalue weighted by atomic mass is 127. The van der Waals surface area contributed by atoms with Gasteiger partial charge in [-0.3, -0.25) is 4.99 Å². The Morgan fingerprint density at radius 3 is 2.87 bits per heavy atom. The van der Waals surface area contributed by atoms with Crippen LogP contribution in [0.3, 0.4) is 0 Å². The number of methoxy groups -OCH3 is 1. The van der Waals surface area contributed by atoms with E-state index < -0.39 is 0 Å². The maximum absolute atomic E-state index is 5.90. The van der Waals surface area contributed by atoms with Crippen LogP contribution in [-0.2, 0) is 12.8 Å². The van der Waals surface area contributed by atoms with E-state index in [1.54, 1.807) is 18.4 Å². The molecule has 0 aliphatic rings. The van der Waals surface area contributed by atoms with Crippen molar-refractivity contribution in [2.45, 2.75) is 26.7 Å². The summed E-state index contributed by atoms with van der Waals surface area (Å²) in [5, 5.41) is 4.18. The lowest BCUT2D eigenvalue weighted by Gasteiger charge is -2.07. The van der Waals surface area contributed by atoms with Crippen molar-refractivity contribution in [2.24, 2.45) is 10.7 Å². The van der Waals surface area contributed by atoms with Gasteiger partial charge in [-0.2, -0.15) is 0 Å². The molecular formula is C16H23IN4OS. The van der Waals surface area contributed by atoms with Gasteiger partial charge in [-0.1, -0.05) is 13.0 Å². The molecule has 23 heavy (non-hydrogen) atoms. The van der Waals surface area contributed by atoms with Crippen molar-refractivity contribution in [2.75, 3.05) is 19.0 Å². The van der Waals surface area contributed by atoms with Gasteiger partial charge in [0.25, 0.3) is 0 Å². The fourth-order valence-electron chi connectivity index (χ4n) is 2.08. The topological polar surface area (TPSA) is 72.5 Å². The van der Waals surface area contributed by atoms with Crippen molar-refractivity contribution in [1.82, 2.24) is 4.98 Å². The van der Waals surface area contributed by atoms with Gasteiger partial charge < -0.3 is 15.8 Å². The second-order valence-corrected chi connectivity index (χ2v) is 6.13. The van der Waals surface area contributed by atoms with Crippen LogP contribution in [0.2, 0.25) is 0 Å². The standard InChI is InChI=1S/C16H22N4OS.HI/c1-4-14-11(2)22-15(20-14)8-9-18-16(17)19-12-6-5-7-13(10-12)21-3;/h5-7,10H,4,8-9H2,1-3H3,(H3,17,18,19);1H. The molecule has 1 aromatic heterocycles. The highest BCUT2D eigenvalue weighted by Gasteiger charge is 2.05. The molecule has 0 radical (unpaired) electrons. The minimum Gasteiger partial charge on any atom is -0.497 e. The van der Waals surface area contributed by atoms with E-state index in [0.29, 0.717) is 12.5 Å². The number of rotatable bonds is 6. The predicted molar refractivity (Wildman–Crippen MR) is 108 cm³/mol. The molecule has 0 saturated carbocycles. The number of aliphatic imine (C=N–C) groups is 1. The fraction of sp³-hybridized carbons (Fsp3) is 0.375. The maximum Gasteiger partial charge on any atom is 0.193 e. The van der Waals surface area contributed by atoms with E-state index in [-0.39, 0.29) is 24.0 Å². The number of nitrogens with two attached hydrogens (primary N) is 1. The van der Waals surface area contributed by atoms with Crippen LogP contribution < -0.4 is 15.8 Å². The first kappa shape index (κ1) is 19.7. The normalized spacial score (nSPS) is 11.0. The minimum atomic E-state index is 0. The number of nitrogens with zero attached hydrogens (tertiary/aromatic N) is 2. The number of nitrogens with one attached hydrogen (secondary N) is 1. The van der Waals surface area contributed by atoms with E-state index in [0.717, 1.165) is 29.3 Å². The second-order valence-electron chi connectivity index (χ2n) is 4.84. The number of guanidine groups is 1. The summed E-state index contributed by atoms with van der Waals surface area (Å²) in [7, 11) is 1.64. The van der Waals surface area contributed by atoms with Crippen LogP contribution in [0, 0.1) is 6.92 Å². The molecule has 126 valence electrons. The van der Waals surface area contributed by atoms with E-state index >= 15 is 0 Å². The number of hydrogen-bond donors (Lipinski definition) is 2. The van der Waals surface area contributed by atoms with Gasteiger partial charge in [0.2, 0.25) is 0 Å². The lowest BCUT2D eigenvalue weighted by molar-refractivity contribution is 0.415. The first-order valence-electron chi connectivity index (χ1n) is 7.28. The Balaban J connectivity index is 0.00000264. The number of ether oxygens (including phenoxy) is 1. The van der Waals surface area contributed by atoms with E-state index in [1.165, 1.54) is 10.6 Å². The Morgan fingerprint density at radius 2 is 2.22 bits per heavy atom. The van der Waals surface area contributed by atoms with Crippen molar-refractivity contribution in [1.29, 1.82) is 0 Å². The number of aryl methyl sites for hydroxylation is 2. The zero-order valence-corrected chi connectivity index (χ0v) is 16.8. The van der Waals surface area contributed by atoms with Gasteiger partial charge in [0.15, 0.2) is 5.96 Å². The fourth-order valence-corrected chi connectivity index (χ4v) is 3.09. The van der Waals surface area contributed by atoms with Crippen molar-refractivity contribution < 1.29 is 4.74 Å². The third-order valence-electron chi connectivity index (χ3n) is 3.22. The van der Waals surface area contributed by atoms with Crippen molar-refractivity contribution in [3.05, 3.63) is 39.8 Å². The third-order valence-corrected chi connectivity index (χ3v) is 4.29. The molecule has 0 saturated heterocycles. The van der Waals surface area contributed by atoms with Gasteiger partial charge in [-0.15, -0.1) is 35.3 Å². The van der Waals surface area contributed by atoms with Gasteiger partial charge in [-0.05, 0) is 25.5 Å². The maximum atomic E-state index is 5.90. The van der Waals surface area contributed by atoms with Crippen LogP contribution in [0.4, 0.5) is 5.69 Å². The molecule has 2 aromatic rings. The van der Waals surface area contributed by atoms with Crippen LogP contribution in [-0.4, -0.2) is 24.6 Å². The summed E-state index contributed by atoms with van der Waals surface area (Å²) in [4.78, 5) is 10.2. The number of aromatic nitrogens is 1. The molecule has 0 bridgehead atoms. The van der Waals surface area contributed by atoms with Gasteiger partial charge in [0.05, 0.1) is 17.8 Å². The van der Waals surface area contributed by atoms with Crippen LogP contribution in [0.1, 0.15) is 22.5 Å². The molecule has 0 aliphatic heterocycles. The molecule has 5 nitrogen and oxygen atoms in total. The monoisotopic (exact) mass is 446 g/mol. The third kappa shape index (κ3) is 5.98. The molecule has 0 amide bonds. The lowest BCUT2D eigenvalue weighted by atomic mass is 10.3. The Hall–Kier alpha value is -1.35. The summed E-state index contributed by atoms with van der Waals surface area (Å²) in [6, 6.07) is 7.58. The summed E-state index contributed by atoms with van der Waals surface area (Å²) in [6.45, 7) is 4.86. The van der Waals surface area contributed by atoms with E-state index in [1.807, 2.05) is 24.3 Å². The van der Waals surface area contributed by atoms with Crippen LogP contribution in [0.25, 0.3) is 0 Å². The quantitative estimate of drug-likeness (QED) is 0.404. The lowest BCUT2D eigenvalue weighted by Crippen LogP contribution is -2.23. The van der Waals surface area contributed by atoms with Crippen molar-refractivity contribution >= 4 is 47.0 Å². The van der Waals surface area contributed by atoms with Crippen molar-refractivity contribution in [3.63, 3.8) is 0 Å². The highest BCUT2D eigenvalue weighted by molar-refractivity contribution is 14.0. The average molecular weight is 446 g/mol. The average Bonchev–Trinajstić information content (AvgIpc) is 2.87. The molecule has 7 heteroatoms. The zero-order valence-electron chi connectivity index (χ0n) is 13.6. The Kier molecular flexibility index (Phi) is 8.32. The smallest absolute Gasteiger partial charge is 0.193 e. The zero-order chi connectivity index (χ0) is 15.9. The van der Waals surface area contributed by atoms with Gasteiger partial charge >= 0.3 is 0 Å².